The molecule has 2 aromatic heterocycles. The molecule has 0 fully saturated rings. The molecule has 136 valence electrons. The van der Waals surface area contributed by atoms with Gasteiger partial charge >= 0.3 is 0 Å². The van der Waals surface area contributed by atoms with Crippen molar-refractivity contribution >= 4 is 28.5 Å². The quantitative estimate of drug-likeness (QED) is 0.503. The Morgan fingerprint density at radius 3 is 2.59 bits per heavy atom. The summed E-state index contributed by atoms with van der Waals surface area (Å²) in [7, 11) is 0. The van der Waals surface area contributed by atoms with Crippen LogP contribution in [0.4, 0.5) is 5.82 Å². The molecule has 0 radical (unpaired) electrons. The number of fused-ring (bicyclic) bond motifs is 1. The number of benzene rings is 2. The summed E-state index contributed by atoms with van der Waals surface area (Å²) in [4.78, 5) is 9.09. The summed E-state index contributed by atoms with van der Waals surface area (Å²) in [6, 6.07) is 16.2. The van der Waals surface area contributed by atoms with Gasteiger partial charge in [-0.3, -0.25) is 4.57 Å². The van der Waals surface area contributed by atoms with Crippen LogP contribution in [0.1, 0.15) is 22.4 Å². The van der Waals surface area contributed by atoms with Crippen LogP contribution in [0.25, 0.3) is 16.7 Å². The minimum atomic E-state index is 0.707. The minimum absolute atomic E-state index is 0.707. The van der Waals surface area contributed by atoms with E-state index in [0.29, 0.717) is 5.02 Å². The molecule has 4 nitrogen and oxygen atoms in total. The van der Waals surface area contributed by atoms with Gasteiger partial charge in [0.25, 0.3) is 0 Å². The second kappa shape index (κ2) is 7.05. The summed E-state index contributed by atoms with van der Waals surface area (Å²) in [6.45, 7) is 7.06. The molecule has 27 heavy (non-hydrogen) atoms. The number of nitrogens with zero attached hydrogens (tertiary/aromatic N) is 3. The van der Waals surface area contributed by atoms with Gasteiger partial charge in [0.05, 0.1) is 5.39 Å². The van der Waals surface area contributed by atoms with Gasteiger partial charge in [0.15, 0.2) is 5.65 Å². The fraction of sp³-hybridized carbons (Fsp3) is 0.182. The maximum atomic E-state index is 6.21. The van der Waals surface area contributed by atoms with Gasteiger partial charge in [-0.25, -0.2) is 9.97 Å². The van der Waals surface area contributed by atoms with Crippen molar-refractivity contribution in [2.75, 3.05) is 5.32 Å². The van der Waals surface area contributed by atoms with Gasteiger partial charge in [-0.1, -0.05) is 41.9 Å². The molecule has 0 atom stereocenters. The van der Waals surface area contributed by atoms with Gasteiger partial charge in [0, 0.05) is 22.9 Å². The predicted octanol–water partition coefficient (Wildman–Crippen LogP) is 5.61. The van der Waals surface area contributed by atoms with E-state index in [9.17, 15) is 0 Å². The zero-order chi connectivity index (χ0) is 19.0. The summed E-state index contributed by atoms with van der Waals surface area (Å²) in [5.41, 5.74) is 6.70. The van der Waals surface area contributed by atoms with Gasteiger partial charge in [-0.15, -0.1) is 0 Å². The van der Waals surface area contributed by atoms with E-state index >= 15 is 0 Å². The minimum Gasteiger partial charge on any atom is -0.365 e. The summed E-state index contributed by atoms with van der Waals surface area (Å²) in [5.74, 6) is 0.852. The van der Waals surface area contributed by atoms with Crippen molar-refractivity contribution in [3.05, 3.63) is 82.3 Å². The molecule has 0 spiro atoms. The monoisotopic (exact) mass is 376 g/mol. The van der Waals surface area contributed by atoms with Crippen molar-refractivity contribution in [3.8, 4) is 5.69 Å². The molecule has 4 rings (SSSR count). The van der Waals surface area contributed by atoms with Crippen molar-refractivity contribution < 1.29 is 0 Å². The Balaban J connectivity index is 1.80. The topological polar surface area (TPSA) is 42.7 Å². The zero-order valence-corrected chi connectivity index (χ0v) is 16.4. The van der Waals surface area contributed by atoms with E-state index in [2.05, 4.69) is 64.9 Å². The first-order chi connectivity index (χ1) is 13.1. The molecular formula is C22H21ClN4. The summed E-state index contributed by atoms with van der Waals surface area (Å²) >= 11 is 6.21. The SMILES string of the molecule is Cc1ccccc1CNc1ncnc2c1c(C)c(C)n2-c1cccc(Cl)c1. The molecule has 0 unspecified atom stereocenters. The molecule has 0 amide bonds. The van der Waals surface area contributed by atoms with Crippen LogP contribution in [-0.4, -0.2) is 14.5 Å². The Bertz CT molecular complexity index is 1130. The number of halogens is 1. The van der Waals surface area contributed by atoms with E-state index in [0.717, 1.165) is 40.3 Å². The van der Waals surface area contributed by atoms with E-state index in [1.807, 2.05) is 24.3 Å². The molecule has 0 bridgehead atoms. The molecule has 0 saturated carbocycles. The van der Waals surface area contributed by atoms with E-state index in [-0.39, 0.29) is 0 Å². The Kier molecular flexibility index (Phi) is 4.58. The average molecular weight is 377 g/mol. The third-order valence-electron chi connectivity index (χ3n) is 5.07. The molecule has 5 heteroatoms. The molecule has 0 aliphatic heterocycles. The fourth-order valence-corrected chi connectivity index (χ4v) is 3.64. The van der Waals surface area contributed by atoms with E-state index < -0.39 is 0 Å². The third-order valence-corrected chi connectivity index (χ3v) is 5.30. The van der Waals surface area contributed by atoms with Gasteiger partial charge in [0.1, 0.15) is 12.1 Å². The number of rotatable bonds is 4. The van der Waals surface area contributed by atoms with Crippen LogP contribution in [0.3, 0.4) is 0 Å². The Hall–Kier alpha value is -2.85. The maximum absolute atomic E-state index is 6.21. The second-order valence-corrected chi connectivity index (χ2v) is 7.16. The third kappa shape index (κ3) is 3.17. The van der Waals surface area contributed by atoms with E-state index in [1.165, 1.54) is 11.1 Å². The van der Waals surface area contributed by atoms with Gasteiger partial charge < -0.3 is 5.32 Å². The molecule has 1 N–H and O–H groups in total. The molecule has 0 aliphatic rings. The number of anilines is 1. The highest BCUT2D eigenvalue weighted by molar-refractivity contribution is 6.30. The molecule has 0 aliphatic carbocycles. The van der Waals surface area contributed by atoms with Crippen LogP contribution < -0.4 is 5.32 Å². The first kappa shape index (κ1) is 17.6. The normalized spacial score (nSPS) is 11.1. The van der Waals surface area contributed by atoms with Crippen molar-refractivity contribution in [3.63, 3.8) is 0 Å². The number of hydrogen-bond donors (Lipinski definition) is 1. The van der Waals surface area contributed by atoms with E-state index in [1.54, 1.807) is 6.33 Å². The van der Waals surface area contributed by atoms with Crippen LogP contribution in [0.2, 0.25) is 5.02 Å². The molecule has 4 aromatic rings. The van der Waals surface area contributed by atoms with Crippen LogP contribution in [0.15, 0.2) is 54.9 Å². The Morgan fingerprint density at radius 1 is 1.00 bits per heavy atom. The van der Waals surface area contributed by atoms with Crippen molar-refractivity contribution in [1.29, 1.82) is 0 Å². The number of aryl methyl sites for hydroxylation is 2. The highest BCUT2D eigenvalue weighted by Crippen LogP contribution is 2.32. The highest BCUT2D eigenvalue weighted by atomic mass is 35.5. The number of hydrogen-bond acceptors (Lipinski definition) is 3. The Labute approximate surface area is 163 Å². The molecule has 0 saturated heterocycles. The summed E-state index contributed by atoms with van der Waals surface area (Å²) in [6.07, 6.45) is 1.61. The van der Waals surface area contributed by atoms with Gasteiger partial charge in [-0.2, -0.15) is 0 Å². The van der Waals surface area contributed by atoms with Crippen LogP contribution >= 0.6 is 11.6 Å². The van der Waals surface area contributed by atoms with Crippen molar-refractivity contribution in [2.24, 2.45) is 0 Å². The van der Waals surface area contributed by atoms with Gasteiger partial charge in [-0.05, 0) is 55.7 Å². The van der Waals surface area contributed by atoms with Crippen LogP contribution in [0, 0.1) is 20.8 Å². The Morgan fingerprint density at radius 2 is 1.81 bits per heavy atom. The molecular weight excluding hydrogens is 356 g/mol. The largest absolute Gasteiger partial charge is 0.365 e. The molecule has 2 aromatic carbocycles. The van der Waals surface area contributed by atoms with Crippen molar-refractivity contribution in [2.45, 2.75) is 27.3 Å². The van der Waals surface area contributed by atoms with Crippen LogP contribution in [-0.2, 0) is 6.54 Å². The number of aromatic nitrogens is 3. The average Bonchev–Trinajstić information content (AvgIpc) is 2.92. The highest BCUT2D eigenvalue weighted by Gasteiger charge is 2.17. The van der Waals surface area contributed by atoms with E-state index in [4.69, 9.17) is 11.6 Å². The smallest absolute Gasteiger partial charge is 0.150 e. The lowest BCUT2D eigenvalue weighted by atomic mass is 10.1. The van der Waals surface area contributed by atoms with Crippen molar-refractivity contribution in [1.82, 2.24) is 14.5 Å². The van der Waals surface area contributed by atoms with Gasteiger partial charge in [0.2, 0.25) is 0 Å². The molecule has 2 heterocycles. The maximum Gasteiger partial charge on any atom is 0.150 e. The van der Waals surface area contributed by atoms with Crippen LogP contribution in [0.5, 0.6) is 0 Å². The standard InChI is InChI=1S/C22H21ClN4/c1-14-7-4-5-8-17(14)12-24-21-20-15(2)16(3)27(22(20)26-13-25-21)19-10-6-9-18(23)11-19/h4-11,13H,12H2,1-3H3,(H,24,25,26). The predicted molar refractivity (Wildman–Crippen MR) is 112 cm³/mol. The lowest BCUT2D eigenvalue weighted by molar-refractivity contribution is 1.01. The summed E-state index contributed by atoms with van der Waals surface area (Å²) in [5, 5.41) is 5.25. The second-order valence-electron chi connectivity index (χ2n) is 6.73. The fourth-order valence-electron chi connectivity index (χ4n) is 3.45. The summed E-state index contributed by atoms with van der Waals surface area (Å²) < 4.78 is 2.14. The first-order valence-electron chi connectivity index (χ1n) is 8.93. The lowest BCUT2D eigenvalue weighted by Gasteiger charge is -2.10. The first-order valence-corrected chi connectivity index (χ1v) is 9.31. The zero-order valence-electron chi connectivity index (χ0n) is 15.6. The lowest BCUT2D eigenvalue weighted by Crippen LogP contribution is -2.04. The number of nitrogens with one attached hydrogen (secondary N) is 1.